The van der Waals surface area contributed by atoms with Crippen molar-refractivity contribution >= 4 is 5.91 Å². The number of nitrogens with zero attached hydrogens (tertiary/aromatic N) is 3. The van der Waals surface area contributed by atoms with Gasteiger partial charge in [0.05, 0.1) is 6.61 Å². The van der Waals surface area contributed by atoms with Crippen LogP contribution in [0.15, 0.2) is 13.2 Å². The van der Waals surface area contributed by atoms with E-state index in [2.05, 4.69) is 34.8 Å². The summed E-state index contributed by atoms with van der Waals surface area (Å²) < 4.78 is 5.44. The third kappa shape index (κ3) is 7.55. The van der Waals surface area contributed by atoms with E-state index in [1.54, 1.807) is 0 Å². The highest BCUT2D eigenvalue weighted by atomic mass is 16.5. The van der Waals surface area contributed by atoms with E-state index in [1.807, 2.05) is 13.8 Å². The topological polar surface area (TPSA) is 36.0 Å². The van der Waals surface area contributed by atoms with Crippen LogP contribution in [0.1, 0.15) is 52.9 Å². The van der Waals surface area contributed by atoms with Crippen molar-refractivity contribution in [2.45, 2.75) is 58.9 Å². The molecule has 0 N–H and O–H groups in total. The van der Waals surface area contributed by atoms with Gasteiger partial charge < -0.3 is 9.64 Å². The predicted molar refractivity (Wildman–Crippen MR) is 114 cm³/mol. The van der Waals surface area contributed by atoms with Gasteiger partial charge in [0, 0.05) is 64.4 Å². The molecule has 2 aliphatic heterocycles. The molecule has 1 amide bonds. The van der Waals surface area contributed by atoms with Gasteiger partial charge in [0.1, 0.15) is 0 Å². The first kappa shape index (κ1) is 24.1. The average Bonchev–Trinajstić information content (AvgIpc) is 2.72. The lowest BCUT2D eigenvalue weighted by molar-refractivity contribution is -0.142. The number of carbonyl (C=O) groups excluding carboxylic acids is 1. The molecule has 0 aromatic heterocycles. The van der Waals surface area contributed by atoms with Crippen LogP contribution in [0.3, 0.4) is 0 Å². The fraction of sp³-hybridized carbons (Fsp3) is 0.864. The summed E-state index contributed by atoms with van der Waals surface area (Å²) in [6.07, 6.45) is 5.88. The summed E-state index contributed by atoms with van der Waals surface area (Å²) in [6, 6.07) is 0.655. The quantitative estimate of drug-likeness (QED) is 0.523. The van der Waals surface area contributed by atoms with E-state index in [1.165, 1.54) is 19.3 Å². The zero-order chi connectivity index (χ0) is 20.1. The lowest BCUT2D eigenvalue weighted by Gasteiger charge is -2.47. The predicted octanol–water partition coefficient (Wildman–Crippen LogP) is 3.26. The molecule has 0 atom stereocenters. The van der Waals surface area contributed by atoms with Crippen molar-refractivity contribution in [1.29, 1.82) is 0 Å². The maximum Gasteiger partial charge on any atom is 0.225 e. The number of rotatable bonds is 6. The lowest BCUT2D eigenvalue weighted by atomic mass is 9.78. The third-order valence-electron chi connectivity index (χ3n) is 5.81. The van der Waals surface area contributed by atoms with Gasteiger partial charge in [-0.05, 0) is 39.0 Å². The number of hydrogen-bond acceptors (Lipinski definition) is 4. The van der Waals surface area contributed by atoms with Crippen LogP contribution in [0.2, 0.25) is 0 Å². The summed E-state index contributed by atoms with van der Waals surface area (Å²) in [6.45, 7) is 21.4. The van der Waals surface area contributed by atoms with Gasteiger partial charge in [-0.3, -0.25) is 14.6 Å². The summed E-state index contributed by atoms with van der Waals surface area (Å²) >= 11 is 0. The first-order valence-electron chi connectivity index (χ1n) is 11.1. The van der Waals surface area contributed by atoms with E-state index in [0.717, 1.165) is 71.9 Å². The van der Waals surface area contributed by atoms with Gasteiger partial charge in [0.2, 0.25) is 5.91 Å². The van der Waals surface area contributed by atoms with Gasteiger partial charge in [-0.2, -0.15) is 0 Å². The molecule has 0 unspecified atom stereocenters. The fourth-order valence-corrected chi connectivity index (χ4v) is 4.15. The number of piperazine rings is 1. The highest BCUT2D eigenvalue weighted by molar-refractivity contribution is 5.80. The van der Waals surface area contributed by atoms with Crippen LogP contribution in [0, 0.1) is 5.92 Å². The maximum atomic E-state index is 12.5. The normalized spacial score (nSPS) is 26.1. The number of ether oxygens (including phenoxy) is 1. The highest BCUT2D eigenvalue weighted by Gasteiger charge is 2.40. The first-order valence-corrected chi connectivity index (χ1v) is 11.1. The van der Waals surface area contributed by atoms with E-state index in [4.69, 9.17) is 4.74 Å². The molecule has 0 radical (unpaired) electrons. The SMILES string of the molecule is C=C.CC.CCOCCN1CCN(C2CC(C(=O)N3CCCCC3)C2)CC1. The van der Waals surface area contributed by atoms with Crippen molar-refractivity contribution in [2.24, 2.45) is 5.92 Å². The molecule has 5 nitrogen and oxygen atoms in total. The highest BCUT2D eigenvalue weighted by Crippen LogP contribution is 2.34. The van der Waals surface area contributed by atoms with Crippen molar-refractivity contribution in [1.82, 2.24) is 14.7 Å². The molecule has 0 bridgehead atoms. The molecular formula is C22H43N3O2. The van der Waals surface area contributed by atoms with Gasteiger partial charge in [-0.1, -0.05) is 13.8 Å². The lowest BCUT2D eigenvalue weighted by Crippen LogP contribution is -2.56. The van der Waals surface area contributed by atoms with Gasteiger partial charge in [0.15, 0.2) is 0 Å². The minimum atomic E-state index is 0.314. The second kappa shape index (κ2) is 14.1. The first-order chi connectivity index (χ1) is 13.3. The van der Waals surface area contributed by atoms with Crippen LogP contribution in [-0.2, 0) is 9.53 Å². The molecule has 0 aromatic rings. The van der Waals surface area contributed by atoms with E-state index < -0.39 is 0 Å². The Labute approximate surface area is 167 Å². The number of carbonyl (C=O) groups is 1. The molecule has 0 spiro atoms. The molecule has 0 aromatic carbocycles. The molecule has 158 valence electrons. The molecule has 1 saturated carbocycles. The van der Waals surface area contributed by atoms with Crippen molar-refractivity contribution in [3.63, 3.8) is 0 Å². The largest absolute Gasteiger partial charge is 0.380 e. The second-order valence-electron chi connectivity index (χ2n) is 7.28. The summed E-state index contributed by atoms with van der Waals surface area (Å²) in [4.78, 5) is 19.7. The smallest absolute Gasteiger partial charge is 0.225 e. The third-order valence-corrected chi connectivity index (χ3v) is 5.81. The van der Waals surface area contributed by atoms with Crippen molar-refractivity contribution < 1.29 is 9.53 Å². The minimum absolute atomic E-state index is 0.314. The van der Waals surface area contributed by atoms with Crippen LogP contribution in [0.25, 0.3) is 0 Å². The summed E-state index contributed by atoms with van der Waals surface area (Å²) in [5.41, 5.74) is 0. The van der Waals surface area contributed by atoms with E-state index in [9.17, 15) is 4.79 Å². The Balaban J connectivity index is 0.000000855. The van der Waals surface area contributed by atoms with Crippen LogP contribution in [-0.4, -0.2) is 85.7 Å². The molecule has 3 rings (SSSR count). The Morgan fingerprint density at radius 2 is 1.56 bits per heavy atom. The Morgan fingerprint density at radius 3 is 2.11 bits per heavy atom. The molecule has 3 aliphatic rings. The zero-order valence-corrected chi connectivity index (χ0v) is 18.1. The second-order valence-corrected chi connectivity index (χ2v) is 7.28. The minimum Gasteiger partial charge on any atom is -0.380 e. The summed E-state index contributed by atoms with van der Waals surface area (Å²) in [5.74, 6) is 0.755. The number of hydrogen-bond donors (Lipinski definition) is 0. The molecule has 5 heteroatoms. The number of amides is 1. The standard InChI is InChI=1S/C18H33N3O2.C2H6.C2H4/c1-2-23-13-12-19-8-10-20(11-9-19)17-14-16(15-17)18(22)21-6-4-3-5-7-21;2*1-2/h16-17H,2-15H2,1H3;1-2H3;1-2H2. The van der Waals surface area contributed by atoms with Gasteiger partial charge in [-0.25, -0.2) is 0 Å². The van der Waals surface area contributed by atoms with Crippen molar-refractivity contribution in [3.8, 4) is 0 Å². The summed E-state index contributed by atoms with van der Waals surface area (Å²) in [7, 11) is 0. The zero-order valence-electron chi connectivity index (χ0n) is 18.1. The van der Waals surface area contributed by atoms with Crippen LogP contribution >= 0.6 is 0 Å². The van der Waals surface area contributed by atoms with E-state index in [-0.39, 0.29) is 0 Å². The molecule has 27 heavy (non-hydrogen) atoms. The van der Waals surface area contributed by atoms with Gasteiger partial charge in [-0.15, -0.1) is 13.2 Å². The average molecular weight is 382 g/mol. The molecule has 2 saturated heterocycles. The van der Waals surface area contributed by atoms with Gasteiger partial charge in [0.25, 0.3) is 0 Å². The number of piperidine rings is 1. The van der Waals surface area contributed by atoms with Gasteiger partial charge >= 0.3 is 0 Å². The maximum absolute atomic E-state index is 12.5. The molecule has 2 heterocycles. The monoisotopic (exact) mass is 381 g/mol. The van der Waals surface area contributed by atoms with Crippen LogP contribution in [0.4, 0.5) is 0 Å². The Hall–Kier alpha value is -0.910. The molecule has 3 fully saturated rings. The summed E-state index contributed by atoms with van der Waals surface area (Å²) in [5, 5.41) is 0. The van der Waals surface area contributed by atoms with Crippen LogP contribution in [0.5, 0.6) is 0 Å². The molecular weight excluding hydrogens is 338 g/mol. The van der Waals surface area contributed by atoms with Crippen LogP contribution < -0.4 is 0 Å². The van der Waals surface area contributed by atoms with E-state index >= 15 is 0 Å². The van der Waals surface area contributed by atoms with Crippen molar-refractivity contribution in [2.75, 3.05) is 59.0 Å². The Bertz CT molecular complexity index is 385. The fourth-order valence-electron chi connectivity index (χ4n) is 4.15. The van der Waals surface area contributed by atoms with Crippen molar-refractivity contribution in [3.05, 3.63) is 13.2 Å². The van der Waals surface area contributed by atoms with E-state index in [0.29, 0.717) is 17.9 Å². The Morgan fingerprint density at radius 1 is 0.963 bits per heavy atom. The Kier molecular flexibility index (Phi) is 12.6. The number of likely N-dealkylation sites (tertiary alicyclic amines) is 1. The molecule has 1 aliphatic carbocycles.